The van der Waals surface area contributed by atoms with Crippen molar-refractivity contribution in [2.24, 2.45) is 0 Å². The van der Waals surface area contributed by atoms with Crippen LogP contribution in [0.4, 0.5) is 5.95 Å². The van der Waals surface area contributed by atoms with Crippen LogP contribution in [-0.2, 0) is 11.2 Å². The molecule has 3 rings (SSSR count). The maximum absolute atomic E-state index is 12.8. The van der Waals surface area contributed by atoms with Gasteiger partial charge in [0, 0.05) is 43.2 Å². The highest BCUT2D eigenvalue weighted by Gasteiger charge is 2.40. The van der Waals surface area contributed by atoms with E-state index in [1.54, 1.807) is 11.8 Å². The first-order valence-electron chi connectivity index (χ1n) is 9.49. The normalized spacial score (nSPS) is 21.9. The SMILES string of the molecule is Cc1nc(N)nc(C)c1CCC(=O)N1CC[C@@](C)(O)[C@H](n2ccc(=O)[nH]c2=O)C1. The molecule has 2 atom stereocenters. The third kappa shape index (κ3) is 4.37. The lowest BCUT2D eigenvalue weighted by atomic mass is 9.88. The molecule has 29 heavy (non-hydrogen) atoms. The molecule has 1 amide bonds. The zero-order chi connectivity index (χ0) is 21.3. The molecule has 0 aromatic carbocycles. The minimum Gasteiger partial charge on any atom is -0.388 e. The first-order chi connectivity index (χ1) is 13.6. The highest BCUT2D eigenvalue weighted by atomic mass is 16.3. The lowest BCUT2D eigenvalue weighted by molar-refractivity contribution is -0.138. The molecule has 4 N–H and O–H groups in total. The minimum absolute atomic E-state index is 0.0846. The van der Waals surface area contributed by atoms with Crippen molar-refractivity contribution in [3.63, 3.8) is 0 Å². The van der Waals surface area contributed by atoms with Crippen molar-refractivity contribution in [3.05, 3.63) is 50.1 Å². The minimum atomic E-state index is -1.18. The molecule has 10 heteroatoms. The number of nitrogens with zero attached hydrogens (tertiary/aromatic N) is 4. The number of nitrogens with one attached hydrogen (secondary N) is 1. The van der Waals surface area contributed by atoms with Gasteiger partial charge in [0.25, 0.3) is 5.56 Å². The standard InChI is InChI=1S/C19H26N6O4/c1-11-13(12(2)22-17(20)21-11)4-5-16(27)24-9-7-19(3,29)14(10-24)25-8-6-15(26)23-18(25)28/h6,8,14,29H,4-5,7,9-10H2,1-3H3,(H2,20,21,22)(H,23,26,28)/t14-,19-/m1/s1. The number of hydrogen-bond donors (Lipinski definition) is 3. The summed E-state index contributed by atoms with van der Waals surface area (Å²) in [6, 6.07) is 0.568. The van der Waals surface area contributed by atoms with E-state index in [1.807, 2.05) is 13.8 Å². The number of amides is 1. The Bertz CT molecular complexity index is 1020. The van der Waals surface area contributed by atoms with Crippen molar-refractivity contribution in [3.8, 4) is 0 Å². The average Bonchev–Trinajstić information content (AvgIpc) is 2.61. The number of carbonyl (C=O) groups is 1. The van der Waals surface area contributed by atoms with E-state index in [-0.39, 0.29) is 24.8 Å². The number of H-pyrrole nitrogens is 1. The first kappa shape index (κ1) is 20.7. The van der Waals surface area contributed by atoms with Crippen LogP contribution in [0.15, 0.2) is 21.9 Å². The van der Waals surface area contributed by atoms with Gasteiger partial charge in [0.15, 0.2) is 0 Å². The molecule has 2 aromatic heterocycles. The topological polar surface area (TPSA) is 147 Å². The second-order valence-electron chi connectivity index (χ2n) is 7.71. The van der Waals surface area contributed by atoms with E-state index in [2.05, 4.69) is 15.0 Å². The van der Waals surface area contributed by atoms with Gasteiger partial charge in [-0.25, -0.2) is 14.8 Å². The number of nitrogen functional groups attached to an aromatic ring is 1. The first-order valence-corrected chi connectivity index (χ1v) is 9.49. The van der Waals surface area contributed by atoms with E-state index in [1.165, 1.54) is 16.8 Å². The summed E-state index contributed by atoms with van der Waals surface area (Å²) in [6.07, 6.45) is 2.40. The third-order valence-corrected chi connectivity index (χ3v) is 5.57. The summed E-state index contributed by atoms with van der Waals surface area (Å²) in [5, 5.41) is 10.8. The van der Waals surface area contributed by atoms with Gasteiger partial charge in [-0.05, 0) is 39.2 Å². The molecule has 1 aliphatic heterocycles. The van der Waals surface area contributed by atoms with Crippen molar-refractivity contribution in [1.82, 2.24) is 24.4 Å². The van der Waals surface area contributed by atoms with E-state index < -0.39 is 22.9 Å². The quantitative estimate of drug-likeness (QED) is 0.635. The zero-order valence-corrected chi connectivity index (χ0v) is 16.8. The molecule has 1 saturated heterocycles. The van der Waals surface area contributed by atoms with Crippen LogP contribution in [0.25, 0.3) is 0 Å². The third-order valence-electron chi connectivity index (χ3n) is 5.57. The van der Waals surface area contributed by atoms with Gasteiger partial charge in [0.1, 0.15) is 0 Å². The fraction of sp³-hybridized carbons (Fsp3) is 0.526. The summed E-state index contributed by atoms with van der Waals surface area (Å²) < 4.78 is 1.28. The number of piperidine rings is 1. The molecule has 2 aromatic rings. The summed E-state index contributed by atoms with van der Waals surface area (Å²) in [6.45, 7) is 5.86. The number of nitrogens with two attached hydrogens (primary N) is 1. The molecule has 1 aliphatic rings. The number of aromatic nitrogens is 4. The van der Waals surface area contributed by atoms with Crippen LogP contribution in [0.2, 0.25) is 0 Å². The smallest absolute Gasteiger partial charge is 0.328 e. The second kappa shape index (κ2) is 7.78. The van der Waals surface area contributed by atoms with Gasteiger partial charge in [-0.15, -0.1) is 0 Å². The largest absolute Gasteiger partial charge is 0.388 e. The molecule has 0 unspecified atom stereocenters. The van der Waals surface area contributed by atoms with Gasteiger partial charge in [-0.1, -0.05) is 0 Å². The molecule has 0 bridgehead atoms. The second-order valence-corrected chi connectivity index (χ2v) is 7.71. The van der Waals surface area contributed by atoms with Crippen LogP contribution in [0.1, 0.15) is 42.8 Å². The van der Waals surface area contributed by atoms with Crippen LogP contribution in [0, 0.1) is 13.8 Å². The summed E-state index contributed by atoms with van der Waals surface area (Å²) in [7, 11) is 0. The fourth-order valence-corrected chi connectivity index (χ4v) is 3.83. The Kier molecular flexibility index (Phi) is 5.56. The fourth-order valence-electron chi connectivity index (χ4n) is 3.83. The van der Waals surface area contributed by atoms with Crippen LogP contribution >= 0.6 is 0 Å². The van der Waals surface area contributed by atoms with Crippen LogP contribution in [0.3, 0.4) is 0 Å². The van der Waals surface area contributed by atoms with Crippen molar-refractivity contribution in [2.45, 2.75) is 51.7 Å². The monoisotopic (exact) mass is 402 g/mol. The molecular formula is C19H26N6O4. The predicted molar refractivity (Wildman–Crippen MR) is 106 cm³/mol. The Morgan fingerprint density at radius 1 is 1.34 bits per heavy atom. The lowest BCUT2D eigenvalue weighted by Crippen LogP contribution is -2.55. The van der Waals surface area contributed by atoms with Crippen LogP contribution in [-0.4, -0.2) is 54.1 Å². The van der Waals surface area contributed by atoms with Crippen molar-refractivity contribution < 1.29 is 9.90 Å². The van der Waals surface area contributed by atoms with E-state index in [9.17, 15) is 19.5 Å². The predicted octanol–water partition coefficient (Wildman–Crippen LogP) is -0.317. The Hall–Kier alpha value is -3.01. The average molecular weight is 402 g/mol. The van der Waals surface area contributed by atoms with E-state index in [0.29, 0.717) is 19.4 Å². The van der Waals surface area contributed by atoms with Gasteiger partial charge < -0.3 is 15.7 Å². The van der Waals surface area contributed by atoms with Crippen LogP contribution in [0.5, 0.6) is 0 Å². The number of aryl methyl sites for hydroxylation is 2. The number of carbonyl (C=O) groups excluding carboxylic acids is 1. The highest BCUT2D eigenvalue weighted by molar-refractivity contribution is 5.76. The summed E-state index contributed by atoms with van der Waals surface area (Å²) in [5.74, 6) is 0.126. The van der Waals surface area contributed by atoms with Crippen LogP contribution < -0.4 is 17.0 Å². The number of hydrogen-bond acceptors (Lipinski definition) is 7. The van der Waals surface area contributed by atoms with E-state index in [4.69, 9.17) is 5.73 Å². The molecule has 10 nitrogen and oxygen atoms in total. The molecule has 0 aliphatic carbocycles. The Morgan fingerprint density at radius 3 is 2.62 bits per heavy atom. The summed E-state index contributed by atoms with van der Waals surface area (Å²) in [5.41, 5.74) is 5.74. The van der Waals surface area contributed by atoms with Crippen molar-refractivity contribution in [2.75, 3.05) is 18.8 Å². The van der Waals surface area contributed by atoms with Gasteiger partial charge >= 0.3 is 5.69 Å². The molecule has 0 saturated carbocycles. The number of aromatic amines is 1. The molecule has 156 valence electrons. The number of aliphatic hydroxyl groups is 1. The van der Waals surface area contributed by atoms with Gasteiger partial charge in [-0.3, -0.25) is 19.1 Å². The Morgan fingerprint density at radius 2 is 2.00 bits per heavy atom. The maximum Gasteiger partial charge on any atom is 0.328 e. The number of rotatable bonds is 4. The van der Waals surface area contributed by atoms with Gasteiger partial charge in [-0.2, -0.15) is 0 Å². The Balaban J connectivity index is 1.75. The Labute approximate surface area is 167 Å². The molecular weight excluding hydrogens is 376 g/mol. The highest BCUT2D eigenvalue weighted by Crippen LogP contribution is 2.31. The van der Waals surface area contributed by atoms with Crippen molar-refractivity contribution in [1.29, 1.82) is 0 Å². The molecule has 1 fully saturated rings. The summed E-state index contributed by atoms with van der Waals surface area (Å²) in [4.78, 5) is 48.5. The van der Waals surface area contributed by atoms with E-state index in [0.717, 1.165) is 17.0 Å². The molecule has 3 heterocycles. The number of anilines is 1. The van der Waals surface area contributed by atoms with Gasteiger partial charge in [0.2, 0.25) is 11.9 Å². The van der Waals surface area contributed by atoms with E-state index >= 15 is 0 Å². The lowest BCUT2D eigenvalue weighted by Gasteiger charge is -2.43. The molecule has 0 radical (unpaired) electrons. The molecule has 0 spiro atoms. The zero-order valence-electron chi connectivity index (χ0n) is 16.8. The van der Waals surface area contributed by atoms with Gasteiger partial charge in [0.05, 0.1) is 11.6 Å². The summed E-state index contributed by atoms with van der Waals surface area (Å²) >= 11 is 0. The number of likely N-dealkylation sites (tertiary alicyclic amines) is 1. The van der Waals surface area contributed by atoms with Crippen molar-refractivity contribution >= 4 is 11.9 Å². The maximum atomic E-state index is 12.8.